The molecule has 4 aromatic rings. The number of aromatic amines is 1. The molecule has 158 valence electrons. The molecule has 1 aliphatic rings. The summed E-state index contributed by atoms with van der Waals surface area (Å²) in [5.41, 5.74) is 3.38. The van der Waals surface area contributed by atoms with Crippen molar-refractivity contribution >= 4 is 22.8 Å². The number of aromatic nitrogens is 3. The summed E-state index contributed by atoms with van der Waals surface area (Å²) in [6.07, 6.45) is 12.0. The third-order valence-corrected chi connectivity index (χ3v) is 6.86. The molecule has 0 amide bonds. The molecular formula is C26H27N3OS. The molecule has 0 saturated heterocycles. The number of fused-ring (bicyclic) bond motifs is 1. The summed E-state index contributed by atoms with van der Waals surface area (Å²) in [5.74, 6) is 1.98. The Labute approximate surface area is 187 Å². The molecule has 31 heavy (non-hydrogen) atoms. The van der Waals surface area contributed by atoms with Gasteiger partial charge in [0.2, 0.25) is 0 Å². The van der Waals surface area contributed by atoms with Gasteiger partial charge in [0, 0.05) is 29.8 Å². The van der Waals surface area contributed by atoms with Gasteiger partial charge in [0.1, 0.15) is 11.6 Å². The first-order valence-electron chi connectivity index (χ1n) is 11.1. The Kier molecular flexibility index (Phi) is 6.21. The molecule has 0 bridgehead atoms. The zero-order chi connectivity index (χ0) is 20.9. The van der Waals surface area contributed by atoms with Crippen molar-refractivity contribution in [2.75, 3.05) is 0 Å². The minimum atomic E-state index is 0.309. The zero-order valence-electron chi connectivity index (χ0n) is 17.6. The van der Waals surface area contributed by atoms with E-state index in [4.69, 9.17) is 9.72 Å². The molecule has 2 aromatic heterocycles. The molecule has 1 aliphatic carbocycles. The van der Waals surface area contributed by atoms with Crippen LogP contribution in [-0.2, 0) is 12.8 Å². The fourth-order valence-corrected chi connectivity index (χ4v) is 5.05. The van der Waals surface area contributed by atoms with Gasteiger partial charge in [0.05, 0.1) is 22.0 Å². The number of pyridine rings is 1. The fourth-order valence-electron chi connectivity index (χ4n) is 4.16. The summed E-state index contributed by atoms with van der Waals surface area (Å²) in [6.45, 7) is 0. The second-order valence-electron chi connectivity index (χ2n) is 8.15. The predicted octanol–water partition coefficient (Wildman–Crippen LogP) is 6.61. The number of imidazole rings is 1. The van der Waals surface area contributed by atoms with Crippen molar-refractivity contribution in [2.24, 2.45) is 0 Å². The van der Waals surface area contributed by atoms with Gasteiger partial charge in [0.15, 0.2) is 0 Å². The SMILES string of the molecule is c1ccc(CCc2nc3cc(Sc4ccncc4)c(OC4CCCCC4)cc3[nH]2)cc1. The second kappa shape index (κ2) is 9.56. The van der Waals surface area contributed by atoms with Crippen LogP contribution in [0.15, 0.2) is 76.8 Å². The van der Waals surface area contributed by atoms with E-state index >= 15 is 0 Å². The molecule has 1 saturated carbocycles. The number of rotatable bonds is 7. The van der Waals surface area contributed by atoms with Crippen LogP contribution in [0.5, 0.6) is 5.75 Å². The Hall–Kier alpha value is -2.79. The lowest BCUT2D eigenvalue weighted by atomic mass is 9.98. The van der Waals surface area contributed by atoms with E-state index in [1.54, 1.807) is 11.8 Å². The lowest BCUT2D eigenvalue weighted by Crippen LogP contribution is -2.19. The molecule has 1 N–H and O–H groups in total. The quantitative estimate of drug-likeness (QED) is 0.359. The summed E-state index contributed by atoms with van der Waals surface area (Å²) in [6, 6.07) is 19.0. The van der Waals surface area contributed by atoms with E-state index in [-0.39, 0.29) is 0 Å². The molecule has 1 fully saturated rings. The molecule has 0 radical (unpaired) electrons. The van der Waals surface area contributed by atoms with Gasteiger partial charge in [-0.3, -0.25) is 4.98 Å². The van der Waals surface area contributed by atoms with Gasteiger partial charge < -0.3 is 9.72 Å². The standard InChI is InChI=1S/C26H27N3OS/c1-3-7-19(8-4-1)11-12-26-28-22-17-24(30-20-9-5-2-6-10-20)25(18-23(22)29-26)31-21-13-15-27-16-14-21/h1,3-4,7-8,13-18,20H,2,5-6,9-12H2,(H,28,29). The topological polar surface area (TPSA) is 50.8 Å². The van der Waals surface area contributed by atoms with Crippen LogP contribution in [0.4, 0.5) is 0 Å². The van der Waals surface area contributed by atoms with Crippen LogP contribution in [0.25, 0.3) is 11.0 Å². The number of benzene rings is 2. The van der Waals surface area contributed by atoms with Gasteiger partial charge in [-0.1, -0.05) is 48.5 Å². The van der Waals surface area contributed by atoms with Gasteiger partial charge in [-0.2, -0.15) is 0 Å². The van der Waals surface area contributed by atoms with Crippen molar-refractivity contribution in [2.45, 2.75) is 60.8 Å². The van der Waals surface area contributed by atoms with Gasteiger partial charge >= 0.3 is 0 Å². The molecule has 0 spiro atoms. The normalized spacial score (nSPS) is 14.7. The number of hydrogen-bond donors (Lipinski definition) is 1. The highest BCUT2D eigenvalue weighted by Gasteiger charge is 2.18. The summed E-state index contributed by atoms with van der Waals surface area (Å²) in [4.78, 5) is 14.8. The van der Waals surface area contributed by atoms with Gasteiger partial charge in [-0.25, -0.2) is 4.98 Å². The molecule has 4 nitrogen and oxygen atoms in total. The molecule has 5 heteroatoms. The van der Waals surface area contributed by atoms with E-state index in [2.05, 4.69) is 52.4 Å². The number of ether oxygens (including phenoxy) is 1. The van der Waals surface area contributed by atoms with Crippen LogP contribution in [0.1, 0.15) is 43.5 Å². The number of H-pyrrole nitrogens is 1. The molecule has 2 heterocycles. The minimum Gasteiger partial charge on any atom is -0.489 e. The monoisotopic (exact) mass is 429 g/mol. The summed E-state index contributed by atoms with van der Waals surface area (Å²) >= 11 is 1.72. The molecule has 0 aliphatic heterocycles. The third-order valence-electron chi connectivity index (χ3n) is 5.81. The Morgan fingerprint density at radius 3 is 2.55 bits per heavy atom. The summed E-state index contributed by atoms with van der Waals surface area (Å²) in [5, 5.41) is 0. The number of hydrogen-bond acceptors (Lipinski definition) is 4. The van der Waals surface area contributed by atoms with Crippen LogP contribution in [0, 0.1) is 0 Å². The number of aryl methyl sites for hydroxylation is 2. The maximum absolute atomic E-state index is 6.52. The van der Waals surface area contributed by atoms with Crippen molar-refractivity contribution in [3.05, 3.63) is 78.4 Å². The highest BCUT2D eigenvalue weighted by molar-refractivity contribution is 7.99. The van der Waals surface area contributed by atoms with Crippen molar-refractivity contribution < 1.29 is 4.74 Å². The Bertz CT molecular complexity index is 1120. The van der Waals surface area contributed by atoms with Crippen molar-refractivity contribution in [3.63, 3.8) is 0 Å². The van der Waals surface area contributed by atoms with E-state index in [0.717, 1.165) is 58.1 Å². The Morgan fingerprint density at radius 1 is 0.935 bits per heavy atom. The molecular weight excluding hydrogens is 402 g/mol. The molecule has 2 aromatic carbocycles. The van der Waals surface area contributed by atoms with Crippen LogP contribution >= 0.6 is 11.8 Å². The molecule has 5 rings (SSSR count). The average Bonchev–Trinajstić information content (AvgIpc) is 3.21. The van der Waals surface area contributed by atoms with E-state index in [1.165, 1.54) is 24.8 Å². The lowest BCUT2D eigenvalue weighted by molar-refractivity contribution is 0.151. The van der Waals surface area contributed by atoms with Crippen molar-refractivity contribution in [1.82, 2.24) is 15.0 Å². The van der Waals surface area contributed by atoms with E-state index in [9.17, 15) is 0 Å². The first-order chi connectivity index (χ1) is 15.3. The van der Waals surface area contributed by atoms with E-state index < -0.39 is 0 Å². The number of nitrogens with one attached hydrogen (secondary N) is 1. The third kappa shape index (κ3) is 5.10. The Balaban J connectivity index is 1.42. The highest BCUT2D eigenvalue weighted by atomic mass is 32.2. The maximum Gasteiger partial charge on any atom is 0.135 e. The molecule has 0 unspecified atom stereocenters. The highest BCUT2D eigenvalue weighted by Crippen LogP contribution is 2.39. The van der Waals surface area contributed by atoms with Gasteiger partial charge in [0.25, 0.3) is 0 Å². The van der Waals surface area contributed by atoms with Gasteiger partial charge in [-0.05, 0) is 55.9 Å². The average molecular weight is 430 g/mol. The van der Waals surface area contributed by atoms with Crippen molar-refractivity contribution in [3.8, 4) is 5.75 Å². The summed E-state index contributed by atoms with van der Waals surface area (Å²) in [7, 11) is 0. The minimum absolute atomic E-state index is 0.309. The van der Waals surface area contributed by atoms with E-state index in [0.29, 0.717) is 6.10 Å². The first-order valence-corrected chi connectivity index (χ1v) is 12.0. The van der Waals surface area contributed by atoms with Crippen molar-refractivity contribution in [1.29, 1.82) is 0 Å². The maximum atomic E-state index is 6.52. The van der Waals surface area contributed by atoms with Crippen LogP contribution in [0.3, 0.4) is 0 Å². The zero-order valence-corrected chi connectivity index (χ0v) is 18.4. The fraction of sp³-hybridized carbons (Fsp3) is 0.308. The first kappa shape index (κ1) is 20.1. The smallest absolute Gasteiger partial charge is 0.135 e. The van der Waals surface area contributed by atoms with Crippen LogP contribution in [0.2, 0.25) is 0 Å². The second-order valence-corrected chi connectivity index (χ2v) is 9.26. The number of nitrogens with zero attached hydrogens (tertiary/aromatic N) is 2. The van der Waals surface area contributed by atoms with Gasteiger partial charge in [-0.15, -0.1) is 0 Å². The van der Waals surface area contributed by atoms with Crippen LogP contribution in [-0.4, -0.2) is 21.1 Å². The predicted molar refractivity (Wildman–Crippen MR) is 126 cm³/mol. The van der Waals surface area contributed by atoms with E-state index in [1.807, 2.05) is 24.5 Å². The molecule has 0 atom stereocenters. The lowest BCUT2D eigenvalue weighted by Gasteiger charge is -2.24. The van der Waals surface area contributed by atoms with Crippen LogP contribution < -0.4 is 4.74 Å². The summed E-state index contributed by atoms with van der Waals surface area (Å²) < 4.78 is 6.52. The largest absolute Gasteiger partial charge is 0.489 e. The Morgan fingerprint density at radius 2 is 1.74 bits per heavy atom.